The molecule has 0 saturated heterocycles. The second kappa shape index (κ2) is 9.51. The van der Waals surface area contributed by atoms with Crippen LogP contribution in [0.1, 0.15) is 29.7 Å². The Balaban J connectivity index is 1.26. The lowest BCUT2D eigenvalue weighted by Crippen LogP contribution is -2.12. The minimum absolute atomic E-state index is 0.0113. The summed E-state index contributed by atoms with van der Waals surface area (Å²) in [7, 11) is 0. The van der Waals surface area contributed by atoms with E-state index in [0.29, 0.717) is 6.42 Å². The minimum Gasteiger partial charge on any atom is -0.353 e. The van der Waals surface area contributed by atoms with Crippen molar-refractivity contribution in [1.82, 2.24) is 15.0 Å². The molecule has 0 spiro atoms. The second-order valence-corrected chi connectivity index (χ2v) is 9.65. The van der Waals surface area contributed by atoms with Crippen LogP contribution < -0.4 is 5.32 Å². The number of rotatable bonds is 6. The molecule has 6 aromatic rings. The molecule has 0 bridgehead atoms. The first-order valence-electron chi connectivity index (χ1n) is 12.7. The Morgan fingerprint density at radius 2 is 1.65 bits per heavy atom. The lowest BCUT2D eigenvalue weighted by molar-refractivity contribution is -0.116. The van der Waals surface area contributed by atoms with Gasteiger partial charge in [-0.05, 0) is 68.7 Å². The Bertz CT molecular complexity index is 1780. The Labute approximate surface area is 215 Å². The Morgan fingerprint density at radius 3 is 2.54 bits per heavy atom. The third kappa shape index (κ3) is 4.56. The number of aromatic amines is 1. The largest absolute Gasteiger partial charge is 0.353 e. The van der Waals surface area contributed by atoms with E-state index in [1.54, 1.807) is 0 Å². The number of carbonyl (C=O) groups excluding carboxylic acids is 1. The maximum absolute atomic E-state index is 13.0. The average Bonchev–Trinajstić information content (AvgIpc) is 3.26. The molecule has 0 aliphatic heterocycles. The van der Waals surface area contributed by atoms with Crippen LogP contribution >= 0.6 is 0 Å². The Morgan fingerprint density at radius 1 is 0.838 bits per heavy atom. The molecular weight excluding hydrogens is 456 g/mol. The van der Waals surface area contributed by atoms with Crippen LogP contribution in [0.4, 0.5) is 5.69 Å². The summed E-state index contributed by atoms with van der Waals surface area (Å²) in [6, 6.07) is 28.7. The van der Waals surface area contributed by atoms with Gasteiger partial charge in [-0.15, -0.1) is 0 Å². The number of hydrogen-bond acceptors (Lipinski definition) is 3. The summed E-state index contributed by atoms with van der Waals surface area (Å²) < 4.78 is 0. The monoisotopic (exact) mass is 484 g/mol. The standard InChI is InChI=1S/C32H28N4O/c1-20-14-16-28-25(18-20)23(32(36-28)29-17-15-22-8-3-5-11-26(22)34-29)10-7-13-31(37)35-30-19-21(2)33-27-12-6-4-9-24(27)30/h3-6,8-9,11-12,14-19,36H,7,10,13H2,1-2H3,(H,33,35,37). The van der Waals surface area contributed by atoms with Crippen LogP contribution in [0.2, 0.25) is 0 Å². The van der Waals surface area contributed by atoms with E-state index >= 15 is 0 Å². The molecule has 2 N–H and O–H groups in total. The number of aryl methyl sites for hydroxylation is 3. The van der Waals surface area contributed by atoms with Crippen molar-refractivity contribution in [1.29, 1.82) is 0 Å². The molecule has 0 unspecified atom stereocenters. The molecule has 0 fully saturated rings. The number of anilines is 1. The van der Waals surface area contributed by atoms with Gasteiger partial charge in [0.25, 0.3) is 0 Å². The van der Waals surface area contributed by atoms with Crippen LogP contribution in [-0.2, 0) is 11.2 Å². The smallest absolute Gasteiger partial charge is 0.224 e. The van der Waals surface area contributed by atoms with Crippen LogP contribution in [0.3, 0.4) is 0 Å². The van der Waals surface area contributed by atoms with Crippen LogP contribution in [0.15, 0.2) is 84.9 Å². The van der Waals surface area contributed by atoms with Crippen molar-refractivity contribution >= 4 is 44.3 Å². The number of hydrogen-bond donors (Lipinski definition) is 2. The molecule has 3 aromatic heterocycles. The summed E-state index contributed by atoms with van der Waals surface area (Å²) in [5.41, 5.74) is 9.03. The van der Waals surface area contributed by atoms with Crippen LogP contribution in [0.5, 0.6) is 0 Å². The summed E-state index contributed by atoms with van der Waals surface area (Å²) >= 11 is 0. The van der Waals surface area contributed by atoms with Crippen molar-refractivity contribution < 1.29 is 4.79 Å². The molecule has 6 rings (SSSR count). The molecule has 37 heavy (non-hydrogen) atoms. The molecule has 3 aromatic carbocycles. The van der Waals surface area contributed by atoms with Gasteiger partial charge in [-0.25, -0.2) is 4.98 Å². The van der Waals surface area contributed by atoms with Gasteiger partial charge in [-0.2, -0.15) is 0 Å². The van der Waals surface area contributed by atoms with Gasteiger partial charge >= 0.3 is 0 Å². The third-order valence-electron chi connectivity index (χ3n) is 6.87. The highest BCUT2D eigenvalue weighted by Crippen LogP contribution is 2.32. The summed E-state index contributed by atoms with van der Waals surface area (Å²) in [6.45, 7) is 4.06. The van der Waals surface area contributed by atoms with E-state index in [4.69, 9.17) is 4.98 Å². The summed E-state index contributed by atoms with van der Waals surface area (Å²) in [4.78, 5) is 26.1. The lowest BCUT2D eigenvalue weighted by Gasteiger charge is -2.10. The number of nitrogens with zero attached hydrogens (tertiary/aromatic N) is 2. The van der Waals surface area contributed by atoms with Gasteiger partial charge in [-0.3, -0.25) is 9.78 Å². The molecule has 5 nitrogen and oxygen atoms in total. The summed E-state index contributed by atoms with van der Waals surface area (Å²) in [5, 5.41) is 6.39. The van der Waals surface area contributed by atoms with Crippen molar-refractivity contribution in [3.05, 3.63) is 102 Å². The predicted octanol–water partition coefficient (Wildman–Crippen LogP) is 7.51. The molecule has 1 amide bonds. The zero-order valence-corrected chi connectivity index (χ0v) is 21.0. The molecule has 182 valence electrons. The average molecular weight is 485 g/mol. The molecule has 0 atom stereocenters. The van der Waals surface area contributed by atoms with Crippen LogP contribution in [-0.4, -0.2) is 20.9 Å². The van der Waals surface area contributed by atoms with Crippen LogP contribution in [0.25, 0.3) is 44.1 Å². The zero-order chi connectivity index (χ0) is 25.4. The van der Waals surface area contributed by atoms with Crippen molar-refractivity contribution in [3.63, 3.8) is 0 Å². The number of benzene rings is 3. The Kier molecular flexibility index (Phi) is 5.89. The third-order valence-corrected chi connectivity index (χ3v) is 6.87. The normalized spacial score (nSPS) is 11.4. The fourth-order valence-corrected chi connectivity index (χ4v) is 5.09. The number of H-pyrrole nitrogens is 1. The first kappa shape index (κ1) is 22.9. The SMILES string of the molecule is Cc1ccc2[nH]c(-c3ccc4ccccc4n3)c(CCCC(=O)Nc3cc(C)nc4ccccc34)c2c1. The number of aromatic nitrogens is 3. The number of carbonyl (C=O) groups is 1. The van der Waals surface area contributed by atoms with E-state index in [9.17, 15) is 4.79 Å². The van der Waals surface area contributed by atoms with Crippen molar-refractivity contribution in [2.24, 2.45) is 0 Å². The van der Waals surface area contributed by atoms with E-state index in [2.05, 4.69) is 58.6 Å². The van der Waals surface area contributed by atoms with Crippen molar-refractivity contribution in [2.75, 3.05) is 5.32 Å². The summed E-state index contributed by atoms with van der Waals surface area (Å²) in [5.74, 6) is 0.0113. The van der Waals surface area contributed by atoms with E-state index in [0.717, 1.165) is 62.9 Å². The predicted molar refractivity (Wildman–Crippen MR) is 152 cm³/mol. The van der Waals surface area contributed by atoms with Crippen LogP contribution in [0, 0.1) is 13.8 Å². The quantitative estimate of drug-likeness (QED) is 0.257. The topological polar surface area (TPSA) is 70.7 Å². The van der Waals surface area contributed by atoms with Crippen molar-refractivity contribution in [3.8, 4) is 11.4 Å². The molecule has 0 aliphatic rings. The minimum atomic E-state index is 0.0113. The molecule has 3 heterocycles. The number of amides is 1. The molecule has 0 saturated carbocycles. The van der Waals surface area contributed by atoms with E-state index in [1.807, 2.05) is 55.5 Å². The molecule has 5 heteroatoms. The fourth-order valence-electron chi connectivity index (χ4n) is 5.09. The highest BCUT2D eigenvalue weighted by molar-refractivity contribution is 6.01. The van der Waals surface area contributed by atoms with E-state index in [1.165, 1.54) is 16.5 Å². The number of pyridine rings is 2. The zero-order valence-electron chi connectivity index (χ0n) is 21.0. The van der Waals surface area contributed by atoms with Gasteiger partial charge < -0.3 is 10.3 Å². The van der Waals surface area contributed by atoms with Crippen molar-refractivity contribution in [2.45, 2.75) is 33.1 Å². The summed E-state index contributed by atoms with van der Waals surface area (Å²) in [6.07, 6.45) is 1.94. The number of fused-ring (bicyclic) bond motifs is 3. The number of para-hydroxylation sites is 2. The van der Waals surface area contributed by atoms with Gasteiger partial charge in [0.15, 0.2) is 0 Å². The highest BCUT2D eigenvalue weighted by atomic mass is 16.1. The van der Waals surface area contributed by atoms with E-state index in [-0.39, 0.29) is 5.91 Å². The fraction of sp³-hybridized carbons (Fsp3) is 0.156. The maximum atomic E-state index is 13.0. The van der Waals surface area contributed by atoms with Gasteiger partial charge in [0, 0.05) is 33.8 Å². The first-order valence-corrected chi connectivity index (χ1v) is 12.7. The Hall–Kier alpha value is -4.51. The maximum Gasteiger partial charge on any atom is 0.224 e. The highest BCUT2D eigenvalue weighted by Gasteiger charge is 2.16. The van der Waals surface area contributed by atoms with E-state index < -0.39 is 0 Å². The van der Waals surface area contributed by atoms with Gasteiger partial charge in [0.1, 0.15) is 0 Å². The first-order chi connectivity index (χ1) is 18.0. The van der Waals surface area contributed by atoms with Gasteiger partial charge in [-0.1, -0.05) is 54.1 Å². The molecular formula is C32H28N4O. The molecule has 0 radical (unpaired) electrons. The lowest BCUT2D eigenvalue weighted by atomic mass is 10.0. The number of nitrogens with one attached hydrogen (secondary N) is 2. The second-order valence-electron chi connectivity index (χ2n) is 9.65. The molecule has 0 aliphatic carbocycles. The van der Waals surface area contributed by atoms with Gasteiger partial charge in [0.05, 0.1) is 28.1 Å². The van der Waals surface area contributed by atoms with Gasteiger partial charge in [0.2, 0.25) is 5.91 Å².